The number of nitrogens with two attached hydrogens (primary N) is 1. The summed E-state index contributed by atoms with van der Waals surface area (Å²) < 4.78 is 0. The van der Waals surface area contributed by atoms with E-state index >= 15 is 0 Å². The number of nitrogens with one attached hydrogen (secondary N) is 1. The van der Waals surface area contributed by atoms with Gasteiger partial charge < -0.3 is 10.7 Å². The average molecular weight is 243 g/mol. The largest absolute Gasteiger partial charge is 0.394 e. The molecule has 0 aliphatic rings. The highest BCUT2D eigenvalue weighted by molar-refractivity contribution is 6.09. The van der Waals surface area contributed by atoms with Crippen molar-refractivity contribution in [3.05, 3.63) is 57.8 Å². The van der Waals surface area contributed by atoms with Crippen LogP contribution in [-0.4, -0.2) is 15.8 Å². The molecule has 0 fully saturated rings. The van der Waals surface area contributed by atoms with Crippen LogP contribution in [0.4, 0.5) is 5.69 Å². The Labute approximate surface area is 104 Å². The van der Waals surface area contributed by atoms with Gasteiger partial charge in [0, 0.05) is 29.2 Å². The number of H-pyrrole nitrogens is 1. The fourth-order valence-corrected chi connectivity index (χ4v) is 1.72. The number of nitrogens with zero attached hydrogens (tertiary/aromatic N) is 1. The highest BCUT2D eigenvalue weighted by atomic mass is 16.1. The van der Waals surface area contributed by atoms with Gasteiger partial charge in [0.1, 0.15) is 0 Å². The van der Waals surface area contributed by atoms with Crippen LogP contribution in [-0.2, 0) is 6.42 Å². The number of rotatable bonds is 3. The zero-order valence-electron chi connectivity index (χ0n) is 9.93. The van der Waals surface area contributed by atoms with E-state index in [-0.39, 0.29) is 17.0 Å². The van der Waals surface area contributed by atoms with Crippen molar-refractivity contribution in [3.8, 4) is 0 Å². The predicted octanol–water partition coefficient (Wildman–Crippen LogP) is 1.15. The second-order valence-corrected chi connectivity index (χ2v) is 3.86. The highest BCUT2D eigenvalue weighted by Gasteiger charge is 2.14. The molecule has 2 rings (SSSR count). The lowest BCUT2D eigenvalue weighted by atomic mass is 10.0. The topological polar surface area (TPSA) is 88.8 Å². The summed E-state index contributed by atoms with van der Waals surface area (Å²) in [4.78, 5) is 30.2. The van der Waals surface area contributed by atoms with Gasteiger partial charge in [-0.1, -0.05) is 6.92 Å². The summed E-state index contributed by atoms with van der Waals surface area (Å²) in [5, 5.41) is 0. The second-order valence-electron chi connectivity index (χ2n) is 3.86. The van der Waals surface area contributed by atoms with Crippen LogP contribution in [0.3, 0.4) is 0 Å². The molecule has 2 heterocycles. The quantitative estimate of drug-likeness (QED) is 0.791. The van der Waals surface area contributed by atoms with Crippen LogP contribution in [0.25, 0.3) is 0 Å². The first-order valence-corrected chi connectivity index (χ1v) is 5.60. The molecule has 5 nitrogen and oxygen atoms in total. The molecule has 0 aliphatic carbocycles. The Kier molecular flexibility index (Phi) is 3.23. The molecule has 0 spiro atoms. The lowest BCUT2D eigenvalue weighted by Gasteiger charge is -2.07. The summed E-state index contributed by atoms with van der Waals surface area (Å²) >= 11 is 0. The minimum atomic E-state index is -0.363. The molecule has 0 amide bonds. The third-order valence-electron chi connectivity index (χ3n) is 2.69. The molecule has 0 bridgehead atoms. The number of aromatic amines is 1. The SMILES string of the molecule is CCc1[nH]c(=O)c(N)cc1C(=O)c1ccncc1. The van der Waals surface area contributed by atoms with Gasteiger partial charge in [-0.25, -0.2) is 0 Å². The molecule has 18 heavy (non-hydrogen) atoms. The number of carbonyl (C=O) groups is 1. The monoisotopic (exact) mass is 243 g/mol. The van der Waals surface area contributed by atoms with Gasteiger partial charge in [0.05, 0.1) is 5.69 Å². The summed E-state index contributed by atoms with van der Waals surface area (Å²) in [6, 6.07) is 4.69. The third kappa shape index (κ3) is 2.15. The van der Waals surface area contributed by atoms with Gasteiger partial charge in [-0.3, -0.25) is 14.6 Å². The van der Waals surface area contributed by atoms with Gasteiger partial charge in [0.2, 0.25) is 0 Å². The number of carbonyl (C=O) groups excluding carboxylic acids is 1. The molecular formula is C13H13N3O2. The fraction of sp³-hybridized carbons (Fsp3) is 0.154. The molecule has 2 aromatic rings. The zero-order chi connectivity index (χ0) is 13.1. The van der Waals surface area contributed by atoms with Crippen LogP contribution >= 0.6 is 0 Å². The number of ketones is 1. The molecule has 2 aromatic heterocycles. The summed E-state index contributed by atoms with van der Waals surface area (Å²) in [5.74, 6) is -0.169. The number of hydrogen-bond acceptors (Lipinski definition) is 4. The lowest BCUT2D eigenvalue weighted by Crippen LogP contribution is -2.18. The summed E-state index contributed by atoms with van der Waals surface area (Å²) in [6.07, 6.45) is 3.66. The van der Waals surface area contributed by atoms with E-state index in [0.717, 1.165) is 0 Å². The van der Waals surface area contributed by atoms with Crippen molar-refractivity contribution in [1.82, 2.24) is 9.97 Å². The number of aryl methyl sites for hydroxylation is 1. The van der Waals surface area contributed by atoms with Crippen molar-refractivity contribution < 1.29 is 4.79 Å². The number of nitrogen functional groups attached to an aromatic ring is 1. The van der Waals surface area contributed by atoms with E-state index in [0.29, 0.717) is 23.2 Å². The molecule has 0 aliphatic heterocycles. The number of pyridine rings is 2. The summed E-state index contributed by atoms with van der Waals surface area (Å²) in [5.41, 5.74) is 6.78. The van der Waals surface area contributed by atoms with Crippen molar-refractivity contribution in [3.63, 3.8) is 0 Å². The van der Waals surface area contributed by atoms with E-state index in [9.17, 15) is 9.59 Å². The molecule has 0 saturated heterocycles. The third-order valence-corrected chi connectivity index (χ3v) is 2.69. The van der Waals surface area contributed by atoms with Gasteiger partial charge in [0.15, 0.2) is 5.78 Å². The Hall–Kier alpha value is -2.43. The zero-order valence-corrected chi connectivity index (χ0v) is 9.93. The Morgan fingerprint density at radius 3 is 2.67 bits per heavy atom. The van der Waals surface area contributed by atoms with Crippen LogP contribution in [0.15, 0.2) is 35.4 Å². The summed E-state index contributed by atoms with van der Waals surface area (Å²) in [7, 11) is 0. The minimum absolute atomic E-state index is 0.0459. The smallest absolute Gasteiger partial charge is 0.271 e. The Balaban J connectivity index is 2.54. The normalized spacial score (nSPS) is 10.3. The Bertz CT molecular complexity index is 632. The van der Waals surface area contributed by atoms with Crippen molar-refractivity contribution in [2.24, 2.45) is 0 Å². The Morgan fingerprint density at radius 2 is 2.06 bits per heavy atom. The molecule has 0 radical (unpaired) electrons. The van der Waals surface area contributed by atoms with Crippen LogP contribution in [0.5, 0.6) is 0 Å². The van der Waals surface area contributed by atoms with E-state index in [4.69, 9.17) is 5.73 Å². The first kappa shape index (κ1) is 12.0. The molecule has 0 atom stereocenters. The maximum Gasteiger partial charge on any atom is 0.271 e. The molecule has 3 N–H and O–H groups in total. The van der Waals surface area contributed by atoms with E-state index < -0.39 is 0 Å². The van der Waals surface area contributed by atoms with Crippen molar-refractivity contribution in [2.75, 3.05) is 5.73 Å². The fourth-order valence-electron chi connectivity index (χ4n) is 1.72. The van der Waals surface area contributed by atoms with E-state index in [1.165, 1.54) is 6.07 Å². The van der Waals surface area contributed by atoms with E-state index in [1.54, 1.807) is 24.5 Å². The van der Waals surface area contributed by atoms with Crippen LogP contribution < -0.4 is 11.3 Å². The molecule has 0 unspecified atom stereocenters. The van der Waals surface area contributed by atoms with Crippen LogP contribution in [0.1, 0.15) is 28.5 Å². The molecule has 92 valence electrons. The first-order chi connectivity index (χ1) is 8.63. The van der Waals surface area contributed by atoms with Gasteiger partial charge in [-0.15, -0.1) is 0 Å². The minimum Gasteiger partial charge on any atom is -0.394 e. The summed E-state index contributed by atoms with van der Waals surface area (Å²) in [6.45, 7) is 1.87. The predicted molar refractivity (Wildman–Crippen MR) is 68.5 cm³/mol. The maximum absolute atomic E-state index is 12.3. The van der Waals surface area contributed by atoms with Gasteiger partial charge in [0.25, 0.3) is 5.56 Å². The van der Waals surface area contributed by atoms with Crippen molar-refractivity contribution >= 4 is 11.5 Å². The van der Waals surface area contributed by atoms with Crippen molar-refractivity contribution in [2.45, 2.75) is 13.3 Å². The average Bonchev–Trinajstić information content (AvgIpc) is 2.41. The number of hydrogen-bond donors (Lipinski definition) is 2. The number of anilines is 1. The van der Waals surface area contributed by atoms with Gasteiger partial charge >= 0.3 is 0 Å². The van der Waals surface area contributed by atoms with Gasteiger partial charge in [-0.2, -0.15) is 0 Å². The van der Waals surface area contributed by atoms with E-state index in [2.05, 4.69) is 9.97 Å². The second kappa shape index (κ2) is 4.83. The highest BCUT2D eigenvalue weighted by Crippen LogP contribution is 2.13. The number of aromatic nitrogens is 2. The molecule has 0 aromatic carbocycles. The van der Waals surface area contributed by atoms with Gasteiger partial charge in [-0.05, 0) is 24.6 Å². The lowest BCUT2D eigenvalue weighted by molar-refractivity contribution is 0.103. The van der Waals surface area contributed by atoms with Crippen molar-refractivity contribution in [1.29, 1.82) is 0 Å². The molecule has 0 saturated carbocycles. The molecular weight excluding hydrogens is 230 g/mol. The van der Waals surface area contributed by atoms with Crippen LogP contribution in [0.2, 0.25) is 0 Å². The molecule has 5 heteroatoms. The Morgan fingerprint density at radius 1 is 1.39 bits per heavy atom. The van der Waals surface area contributed by atoms with Crippen LogP contribution in [0, 0.1) is 0 Å². The first-order valence-electron chi connectivity index (χ1n) is 5.60. The maximum atomic E-state index is 12.3. The standard InChI is InChI=1S/C13H13N3O2/c1-2-11-9(7-10(14)13(18)16-11)12(17)8-3-5-15-6-4-8/h3-7H,2,14H2,1H3,(H,16,18). The van der Waals surface area contributed by atoms with E-state index in [1.807, 2.05) is 6.92 Å².